The Bertz CT molecular complexity index is 490. The molecule has 2 N–H and O–H groups in total. The van der Waals surface area contributed by atoms with E-state index >= 15 is 0 Å². The van der Waals surface area contributed by atoms with E-state index in [4.69, 9.17) is 0 Å². The van der Waals surface area contributed by atoms with E-state index in [9.17, 15) is 0 Å². The summed E-state index contributed by atoms with van der Waals surface area (Å²) in [6, 6.07) is 22.0. The van der Waals surface area contributed by atoms with Crippen molar-refractivity contribution in [3.63, 3.8) is 0 Å². The fourth-order valence-corrected chi connectivity index (χ4v) is 5.36. The second-order valence-electron chi connectivity index (χ2n) is 6.18. The zero-order chi connectivity index (χ0) is 15.3. The number of rotatable bonds is 6. The van der Waals surface area contributed by atoms with Gasteiger partial charge in [0.1, 0.15) is 0 Å². The highest BCUT2D eigenvalue weighted by Gasteiger charge is 2.26. The van der Waals surface area contributed by atoms with Crippen molar-refractivity contribution < 1.29 is 0 Å². The fourth-order valence-electron chi connectivity index (χ4n) is 2.77. The number of hydrogen-bond donors (Lipinski definition) is 2. The van der Waals surface area contributed by atoms with E-state index in [1.807, 2.05) is 0 Å². The van der Waals surface area contributed by atoms with Crippen LogP contribution in [0.15, 0.2) is 60.7 Å². The lowest BCUT2D eigenvalue weighted by molar-refractivity contribution is 0.649. The third-order valence-corrected chi connectivity index (χ3v) is 6.06. The van der Waals surface area contributed by atoms with E-state index < -0.39 is 8.40 Å². The van der Waals surface area contributed by atoms with Crippen LogP contribution in [-0.4, -0.2) is 8.40 Å². The van der Waals surface area contributed by atoms with Gasteiger partial charge in [-0.1, -0.05) is 60.7 Å². The van der Waals surface area contributed by atoms with Crippen molar-refractivity contribution in [2.24, 2.45) is 0 Å². The van der Waals surface area contributed by atoms with Crippen LogP contribution in [0.4, 0.5) is 0 Å². The average molecular weight is 299 g/mol. The quantitative estimate of drug-likeness (QED) is 0.773. The summed E-state index contributed by atoms with van der Waals surface area (Å²) in [7, 11) is -1.70. The molecule has 0 bridgehead atoms. The second-order valence-corrected chi connectivity index (χ2v) is 10.0. The largest absolute Gasteiger partial charge is 0.319 e. The molecule has 2 rings (SSSR count). The molecule has 21 heavy (non-hydrogen) atoms. The standard InChI is InChI=1S/C18H26N2Si/c1-15(17-11-7-5-8-12-17)19-21(3,4)20-16(2)18-13-9-6-10-14-18/h5-16,19-20H,1-4H3. The van der Waals surface area contributed by atoms with Crippen molar-refractivity contribution in [3.05, 3.63) is 71.8 Å². The minimum atomic E-state index is -1.70. The summed E-state index contributed by atoms with van der Waals surface area (Å²) < 4.78 is 0. The third-order valence-electron chi connectivity index (χ3n) is 3.75. The molecule has 2 unspecified atom stereocenters. The molecule has 0 aromatic heterocycles. The van der Waals surface area contributed by atoms with E-state index in [0.717, 1.165) is 0 Å². The van der Waals surface area contributed by atoms with Gasteiger partial charge in [-0.05, 0) is 38.1 Å². The highest BCUT2D eigenvalue weighted by Crippen LogP contribution is 2.17. The molecule has 0 aliphatic carbocycles. The average Bonchev–Trinajstić information content (AvgIpc) is 2.48. The van der Waals surface area contributed by atoms with Crippen molar-refractivity contribution in [1.82, 2.24) is 9.96 Å². The van der Waals surface area contributed by atoms with Crippen LogP contribution >= 0.6 is 0 Å². The molecule has 2 nitrogen and oxygen atoms in total. The van der Waals surface area contributed by atoms with Gasteiger partial charge in [-0.15, -0.1) is 0 Å². The van der Waals surface area contributed by atoms with Crippen LogP contribution in [-0.2, 0) is 0 Å². The lowest BCUT2D eigenvalue weighted by Crippen LogP contribution is -2.58. The van der Waals surface area contributed by atoms with Gasteiger partial charge in [0.05, 0.1) is 0 Å². The first kappa shape index (κ1) is 16.0. The van der Waals surface area contributed by atoms with E-state index in [2.05, 4.69) is 97.6 Å². The van der Waals surface area contributed by atoms with Crippen molar-refractivity contribution in [1.29, 1.82) is 0 Å². The summed E-state index contributed by atoms with van der Waals surface area (Å²) in [4.78, 5) is 7.60. The van der Waals surface area contributed by atoms with Gasteiger partial charge in [0.15, 0.2) is 8.40 Å². The topological polar surface area (TPSA) is 24.1 Å². The first-order chi connectivity index (χ1) is 9.98. The van der Waals surface area contributed by atoms with E-state index in [0.29, 0.717) is 12.1 Å². The number of hydrogen-bond acceptors (Lipinski definition) is 2. The minimum Gasteiger partial charge on any atom is -0.319 e. The Morgan fingerprint density at radius 3 is 1.33 bits per heavy atom. The molecule has 112 valence electrons. The van der Waals surface area contributed by atoms with Crippen molar-refractivity contribution in [2.45, 2.75) is 39.0 Å². The lowest BCUT2D eigenvalue weighted by Gasteiger charge is -2.32. The molecular formula is C18H26N2Si. The third kappa shape index (κ3) is 4.81. The number of benzene rings is 2. The summed E-state index contributed by atoms with van der Waals surface area (Å²) in [6.45, 7) is 9.12. The highest BCUT2D eigenvalue weighted by molar-refractivity contribution is 6.72. The Balaban J connectivity index is 1.98. The predicted molar refractivity (Wildman–Crippen MR) is 93.5 cm³/mol. The van der Waals surface area contributed by atoms with Crippen molar-refractivity contribution in [2.75, 3.05) is 0 Å². The smallest absolute Gasteiger partial charge is 0.195 e. The van der Waals surface area contributed by atoms with Crippen LogP contribution in [0.5, 0.6) is 0 Å². The summed E-state index contributed by atoms with van der Waals surface area (Å²) in [5.41, 5.74) is 2.68. The SMILES string of the molecule is CC(N[Si](C)(C)NC(C)c1ccccc1)c1ccccc1. The Kier molecular flexibility index (Phi) is 5.34. The molecule has 0 spiro atoms. The molecular weight excluding hydrogens is 272 g/mol. The molecule has 0 radical (unpaired) electrons. The fraction of sp³-hybridized carbons (Fsp3) is 0.333. The maximum absolute atomic E-state index is 3.80. The Labute approximate surface area is 129 Å². The molecule has 0 fully saturated rings. The molecule has 2 atom stereocenters. The second kappa shape index (κ2) is 7.03. The number of nitrogens with one attached hydrogen (secondary N) is 2. The minimum absolute atomic E-state index is 0.364. The van der Waals surface area contributed by atoms with Gasteiger partial charge in [0, 0.05) is 12.1 Å². The van der Waals surface area contributed by atoms with Crippen LogP contribution in [0, 0.1) is 0 Å². The maximum atomic E-state index is 3.80. The van der Waals surface area contributed by atoms with Crippen molar-refractivity contribution in [3.8, 4) is 0 Å². The van der Waals surface area contributed by atoms with Gasteiger partial charge in [-0.3, -0.25) is 0 Å². The molecule has 3 heteroatoms. The van der Waals surface area contributed by atoms with Crippen LogP contribution < -0.4 is 9.96 Å². The maximum Gasteiger partial charge on any atom is 0.195 e. The monoisotopic (exact) mass is 298 g/mol. The zero-order valence-corrected chi connectivity index (χ0v) is 14.4. The van der Waals surface area contributed by atoms with Crippen LogP contribution in [0.1, 0.15) is 37.1 Å². The van der Waals surface area contributed by atoms with Crippen LogP contribution in [0.3, 0.4) is 0 Å². The molecule has 0 saturated carbocycles. The zero-order valence-electron chi connectivity index (χ0n) is 13.4. The van der Waals surface area contributed by atoms with E-state index in [1.165, 1.54) is 11.1 Å². The normalized spacial score (nSPS) is 14.7. The lowest BCUT2D eigenvalue weighted by atomic mass is 10.1. The Morgan fingerprint density at radius 1 is 0.667 bits per heavy atom. The Hall–Kier alpha value is -1.42. The first-order valence-corrected chi connectivity index (χ1v) is 10.6. The molecule has 0 saturated heterocycles. The van der Waals surface area contributed by atoms with Gasteiger partial charge in [0.25, 0.3) is 0 Å². The summed E-state index contributed by atoms with van der Waals surface area (Å²) in [5, 5.41) is 0. The summed E-state index contributed by atoms with van der Waals surface area (Å²) in [6.07, 6.45) is 0. The predicted octanol–water partition coefficient (Wildman–Crippen LogP) is 4.39. The van der Waals surface area contributed by atoms with Gasteiger partial charge in [-0.25, -0.2) is 0 Å². The van der Waals surface area contributed by atoms with Gasteiger partial charge in [-0.2, -0.15) is 0 Å². The Morgan fingerprint density at radius 2 is 1.00 bits per heavy atom. The van der Waals surface area contributed by atoms with E-state index in [-0.39, 0.29) is 0 Å². The van der Waals surface area contributed by atoms with Crippen molar-refractivity contribution >= 4 is 8.40 Å². The van der Waals surface area contributed by atoms with Crippen LogP contribution in [0.2, 0.25) is 13.1 Å². The van der Waals surface area contributed by atoms with Crippen LogP contribution in [0.25, 0.3) is 0 Å². The van der Waals surface area contributed by atoms with Gasteiger partial charge >= 0.3 is 0 Å². The highest BCUT2D eigenvalue weighted by atomic mass is 28.3. The van der Waals surface area contributed by atoms with E-state index in [1.54, 1.807) is 0 Å². The summed E-state index contributed by atoms with van der Waals surface area (Å²) >= 11 is 0. The first-order valence-electron chi connectivity index (χ1n) is 7.63. The molecule has 0 amide bonds. The summed E-state index contributed by atoms with van der Waals surface area (Å²) in [5.74, 6) is 0. The molecule has 0 aliphatic rings. The molecule has 0 heterocycles. The van der Waals surface area contributed by atoms with Gasteiger partial charge in [0.2, 0.25) is 0 Å². The molecule has 0 aliphatic heterocycles. The van der Waals surface area contributed by atoms with Gasteiger partial charge < -0.3 is 9.96 Å². The molecule has 2 aromatic carbocycles. The molecule has 2 aromatic rings.